The molecule has 0 bridgehead atoms. The zero-order valence-electron chi connectivity index (χ0n) is 21.1. The van der Waals surface area contributed by atoms with E-state index in [2.05, 4.69) is 31.2 Å². The van der Waals surface area contributed by atoms with Gasteiger partial charge >= 0.3 is 5.97 Å². The average Bonchev–Trinajstić information content (AvgIpc) is 3.12. The number of nitrogens with one attached hydrogen (secondary N) is 1. The number of carbonyl (C=O) groups excluding carboxylic acids is 1. The van der Waals surface area contributed by atoms with E-state index >= 15 is 0 Å². The zero-order valence-corrected chi connectivity index (χ0v) is 21.8. The third kappa shape index (κ3) is 7.55. The lowest BCUT2D eigenvalue weighted by molar-refractivity contribution is -0.137. The van der Waals surface area contributed by atoms with Crippen molar-refractivity contribution in [2.75, 3.05) is 11.9 Å². The Bertz CT molecular complexity index is 1040. The first-order chi connectivity index (χ1) is 16.5. The Kier molecular flexibility index (Phi) is 9.00. The molecule has 1 aromatic carbocycles. The van der Waals surface area contributed by atoms with Crippen molar-refractivity contribution < 1.29 is 24.3 Å². The van der Waals surface area contributed by atoms with Gasteiger partial charge in [0.15, 0.2) is 0 Å². The molecule has 1 heterocycles. The molecule has 35 heavy (non-hydrogen) atoms. The van der Waals surface area contributed by atoms with Crippen LogP contribution in [0.2, 0.25) is 5.02 Å². The van der Waals surface area contributed by atoms with Crippen LogP contribution in [-0.4, -0.2) is 33.9 Å². The number of hydrogen-bond donors (Lipinski definition) is 3. The Morgan fingerprint density at radius 1 is 1.29 bits per heavy atom. The fourth-order valence-corrected chi connectivity index (χ4v) is 5.38. The predicted molar refractivity (Wildman–Crippen MR) is 136 cm³/mol. The minimum atomic E-state index is -0.937. The van der Waals surface area contributed by atoms with E-state index in [1.54, 1.807) is 12.1 Å². The summed E-state index contributed by atoms with van der Waals surface area (Å²) >= 11 is 6.26. The van der Waals surface area contributed by atoms with Gasteiger partial charge in [-0.1, -0.05) is 43.6 Å². The summed E-state index contributed by atoms with van der Waals surface area (Å²) in [6.07, 6.45) is 3.71. The normalized spacial score (nSPS) is 18.7. The smallest absolute Gasteiger partial charge is 0.303 e. The predicted octanol–water partition coefficient (Wildman–Crippen LogP) is 6.08. The number of halogens is 1. The number of benzene rings is 1. The summed E-state index contributed by atoms with van der Waals surface area (Å²) in [5, 5.41) is 26.6. The maximum absolute atomic E-state index is 12.9. The third-order valence-electron chi connectivity index (χ3n) is 6.64. The minimum Gasteiger partial charge on any atom is -0.481 e. The van der Waals surface area contributed by atoms with Gasteiger partial charge in [0, 0.05) is 43.3 Å². The number of aliphatic carboxylic acids is 1. The molecule has 1 fully saturated rings. The Labute approximate surface area is 212 Å². The van der Waals surface area contributed by atoms with Crippen LogP contribution in [0.5, 0.6) is 0 Å². The number of aliphatic hydroxyl groups is 1. The molecular weight excluding hydrogens is 468 g/mol. The molecule has 192 valence electrons. The quantitative estimate of drug-likeness (QED) is 0.342. The highest BCUT2D eigenvalue weighted by Crippen LogP contribution is 2.48. The molecule has 0 aliphatic heterocycles. The summed E-state index contributed by atoms with van der Waals surface area (Å²) < 4.78 is 5.79. The highest BCUT2D eigenvalue weighted by Gasteiger charge is 2.38. The number of carbonyl (C=O) groups is 2. The van der Waals surface area contributed by atoms with Crippen LogP contribution in [0.1, 0.15) is 93.7 Å². The van der Waals surface area contributed by atoms with Gasteiger partial charge in [-0.15, -0.1) is 0 Å². The monoisotopic (exact) mass is 504 g/mol. The fraction of sp³-hybridized carbons (Fsp3) is 0.593. The van der Waals surface area contributed by atoms with Gasteiger partial charge in [-0.25, -0.2) is 0 Å². The summed E-state index contributed by atoms with van der Waals surface area (Å²) in [4.78, 5) is 24.2. The number of amides is 1. The number of nitrogens with zero attached hydrogens (tertiary/aromatic N) is 1. The van der Waals surface area contributed by atoms with E-state index < -0.39 is 11.9 Å². The second-order valence-electron chi connectivity index (χ2n) is 11.0. The maximum atomic E-state index is 12.9. The molecule has 0 radical (unpaired) electrons. The van der Waals surface area contributed by atoms with Gasteiger partial charge in [0.1, 0.15) is 5.76 Å². The van der Waals surface area contributed by atoms with Gasteiger partial charge in [-0.05, 0) is 61.6 Å². The molecule has 0 unspecified atom stereocenters. The zero-order chi connectivity index (χ0) is 25.8. The Balaban J connectivity index is 1.78. The number of aryl methyl sites for hydroxylation is 1. The number of aromatic nitrogens is 1. The first-order valence-electron chi connectivity index (χ1n) is 12.3. The Morgan fingerprint density at radius 2 is 2.00 bits per heavy atom. The molecule has 1 amide bonds. The highest BCUT2D eigenvalue weighted by atomic mass is 35.5. The van der Waals surface area contributed by atoms with Crippen LogP contribution in [0.4, 0.5) is 5.69 Å². The van der Waals surface area contributed by atoms with Crippen LogP contribution < -0.4 is 5.32 Å². The van der Waals surface area contributed by atoms with Crippen molar-refractivity contribution in [2.24, 2.45) is 11.3 Å². The average molecular weight is 505 g/mol. The van der Waals surface area contributed by atoms with E-state index in [1.807, 2.05) is 13.0 Å². The van der Waals surface area contributed by atoms with Gasteiger partial charge in [-0.3, -0.25) is 9.59 Å². The first-order valence-corrected chi connectivity index (χ1v) is 12.7. The van der Waals surface area contributed by atoms with E-state index in [-0.39, 0.29) is 43.1 Å². The van der Waals surface area contributed by atoms with E-state index in [0.29, 0.717) is 28.7 Å². The van der Waals surface area contributed by atoms with Crippen LogP contribution in [0, 0.1) is 18.3 Å². The second-order valence-corrected chi connectivity index (χ2v) is 11.5. The summed E-state index contributed by atoms with van der Waals surface area (Å²) in [7, 11) is 0. The molecule has 1 aromatic heterocycles. The van der Waals surface area contributed by atoms with Crippen LogP contribution in [-0.2, 0) is 16.0 Å². The summed E-state index contributed by atoms with van der Waals surface area (Å²) in [5.41, 5.74) is 3.17. The summed E-state index contributed by atoms with van der Waals surface area (Å²) in [6, 6.07) is 5.38. The van der Waals surface area contributed by atoms with Crippen molar-refractivity contribution >= 4 is 29.2 Å². The van der Waals surface area contributed by atoms with Gasteiger partial charge in [0.2, 0.25) is 5.91 Å². The van der Waals surface area contributed by atoms with Crippen molar-refractivity contribution in [1.29, 1.82) is 0 Å². The molecular formula is C27H37ClN2O5. The van der Waals surface area contributed by atoms with Crippen molar-refractivity contribution in [3.63, 3.8) is 0 Å². The van der Waals surface area contributed by atoms with Crippen LogP contribution in [0.15, 0.2) is 22.7 Å². The molecule has 2 aromatic rings. The topological polar surface area (TPSA) is 113 Å². The molecule has 3 N–H and O–H groups in total. The molecule has 8 heteroatoms. The SMILES string of the molecule is Cc1ccc(NC(=O)C[C@@H](CCC(=O)O)c2noc(C3CC(CC(C)(C)C)C3)c2CCO)c(Cl)c1. The molecule has 3 rings (SSSR count). The minimum absolute atomic E-state index is 0.0409. The summed E-state index contributed by atoms with van der Waals surface area (Å²) in [6.45, 7) is 8.57. The molecule has 7 nitrogen and oxygen atoms in total. The number of carboxylic acid groups (broad SMARTS) is 1. The molecule has 1 saturated carbocycles. The van der Waals surface area contributed by atoms with E-state index in [1.165, 1.54) is 0 Å². The second kappa shape index (κ2) is 11.6. The van der Waals surface area contributed by atoms with Gasteiger partial charge < -0.3 is 20.1 Å². The van der Waals surface area contributed by atoms with Gasteiger partial charge in [-0.2, -0.15) is 0 Å². The lowest BCUT2D eigenvalue weighted by Crippen LogP contribution is -2.26. The largest absolute Gasteiger partial charge is 0.481 e. The first kappa shape index (κ1) is 27.2. The van der Waals surface area contributed by atoms with E-state index in [9.17, 15) is 19.8 Å². The third-order valence-corrected chi connectivity index (χ3v) is 6.95. The Morgan fingerprint density at radius 3 is 2.60 bits per heavy atom. The van der Waals surface area contributed by atoms with Crippen LogP contribution >= 0.6 is 11.6 Å². The lowest BCUT2D eigenvalue weighted by atomic mass is 9.67. The molecule has 1 atom stereocenters. The molecule has 1 aliphatic rings. The number of rotatable bonds is 11. The number of aliphatic hydroxyl groups excluding tert-OH is 1. The van der Waals surface area contributed by atoms with E-state index in [0.717, 1.165) is 36.1 Å². The fourth-order valence-electron chi connectivity index (χ4n) is 5.10. The maximum Gasteiger partial charge on any atom is 0.303 e. The van der Waals surface area contributed by atoms with Crippen molar-refractivity contribution in [3.05, 3.63) is 45.8 Å². The number of anilines is 1. The lowest BCUT2D eigenvalue weighted by Gasteiger charge is -2.38. The van der Waals surface area contributed by atoms with Gasteiger partial charge in [0.25, 0.3) is 0 Å². The van der Waals surface area contributed by atoms with Crippen molar-refractivity contribution in [2.45, 2.75) is 84.5 Å². The molecule has 0 spiro atoms. The highest BCUT2D eigenvalue weighted by molar-refractivity contribution is 6.33. The van der Waals surface area contributed by atoms with E-state index in [4.69, 9.17) is 16.1 Å². The number of carboxylic acids is 1. The van der Waals surface area contributed by atoms with Gasteiger partial charge in [0.05, 0.1) is 16.4 Å². The molecule has 1 aliphatic carbocycles. The van der Waals surface area contributed by atoms with Crippen molar-refractivity contribution in [1.82, 2.24) is 5.16 Å². The van der Waals surface area contributed by atoms with Crippen LogP contribution in [0.25, 0.3) is 0 Å². The molecule has 0 saturated heterocycles. The van der Waals surface area contributed by atoms with Crippen molar-refractivity contribution in [3.8, 4) is 0 Å². The standard InChI is InChI=1S/C27H37ClN2O5/c1-16-5-7-22(21(28)11-16)29-23(32)14-18(6-8-24(33)34)25-20(9-10-31)26(35-30-25)19-12-17(13-19)15-27(2,3)4/h5,7,11,17-19,31H,6,8-10,12-15H2,1-4H3,(H,29,32)(H,33,34)/t17?,18-,19?/m1/s1. The summed E-state index contributed by atoms with van der Waals surface area (Å²) in [5.74, 6) is -0.0110. The number of hydrogen-bond acceptors (Lipinski definition) is 5. The van der Waals surface area contributed by atoms with Crippen LogP contribution in [0.3, 0.4) is 0 Å². The Hall–Kier alpha value is -2.38.